The molecule has 0 saturated heterocycles. The predicted octanol–water partition coefficient (Wildman–Crippen LogP) is 3.68. The predicted molar refractivity (Wildman–Crippen MR) is 97.1 cm³/mol. The zero-order valence-electron chi connectivity index (χ0n) is 13.6. The smallest absolute Gasteiger partial charge is 0.377 e. The molecule has 3 aromatic rings. The zero-order valence-corrected chi connectivity index (χ0v) is 15.2. The maximum Gasteiger partial charge on any atom is 0.377 e. The second-order valence-corrected chi connectivity index (χ2v) is 5.95. The molecule has 0 aliphatic heterocycles. The van der Waals surface area contributed by atoms with Crippen molar-refractivity contribution in [1.82, 2.24) is 14.8 Å². The van der Waals surface area contributed by atoms with Crippen molar-refractivity contribution < 1.29 is 14.3 Å². The highest BCUT2D eigenvalue weighted by Gasteiger charge is 2.22. The molecule has 1 heterocycles. The minimum Gasteiger partial charge on any atom is -0.463 e. The molecular formula is C18H13Cl2N3O3. The van der Waals surface area contributed by atoms with Crippen LogP contribution in [-0.2, 0) is 10.6 Å². The highest BCUT2D eigenvalue weighted by molar-refractivity contribution is 6.31. The summed E-state index contributed by atoms with van der Waals surface area (Å²) in [6, 6.07) is 13.6. The zero-order chi connectivity index (χ0) is 18.7. The molecule has 0 spiro atoms. The third kappa shape index (κ3) is 3.47. The van der Waals surface area contributed by atoms with Crippen molar-refractivity contribution in [2.75, 3.05) is 7.11 Å². The van der Waals surface area contributed by atoms with E-state index in [9.17, 15) is 9.59 Å². The van der Waals surface area contributed by atoms with Gasteiger partial charge in [0.1, 0.15) is 5.82 Å². The monoisotopic (exact) mass is 389 g/mol. The van der Waals surface area contributed by atoms with E-state index >= 15 is 0 Å². The van der Waals surface area contributed by atoms with Crippen LogP contribution in [0.5, 0.6) is 0 Å². The number of esters is 1. The minimum atomic E-state index is -0.694. The Morgan fingerprint density at radius 3 is 2.54 bits per heavy atom. The largest absolute Gasteiger partial charge is 0.463 e. The molecule has 0 bridgehead atoms. The van der Waals surface area contributed by atoms with E-state index in [1.54, 1.807) is 42.5 Å². The summed E-state index contributed by atoms with van der Waals surface area (Å²) in [4.78, 5) is 28.7. The average molecular weight is 390 g/mol. The number of benzene rings is 2. The van der Waals surface area contributed by atoms with Gasteiger partial charge in [-0.3, -0.25) is 4.79 Å². The van der Waals surface area contributed by atoms with E-state index in [0.717, 1.165) is 0 Å². The van der Waals surface area contributed by atoms with E-state index in [0.29, 0.717) is 27.7 Å². The fraction of sp³-hybridized carbons (Fsp3) is 0.111. The fourth-order valence-electron chi connectivity index (χ4n) is 2.42. The van der Waals surface area contributed by atoms with Gasteiger partial charge in [0.15, 0.2) is 5.78 Å². The summed E-state index contributed by atoms with van der Waals surface area (Å²) in [7, 11) is 1.23. The number of rotatable bonds is 5. The fourth-order valence-corrected chi connectivity index (χ4v) is 2.77. The van der Waals surface area contributed by atoms with Gasteiger partial charge in [-0.05, 0) is 18.2 Å². The molecule has 2 aromatic carbocycles. The lowest BCUT2D eigenvalue weighted by Crippen LogP contribution is -2.11. The van der Waals surface area contributed by atoms with Crippen LogP contribution in [0.25, 0.3) is 5.69 Å². The van der Waals surface area contributed by atoms with Crippen LogP contribution in [0.2, 0.25) is 5.02 Å². The highest BCUT2D eigenvalue weighted by Crippen LogP contribution is 2.24. The molecule has 0 amide bonds. The maximum absolute atomic E-state index is 12.9. The lowest BCUT2D eigenvalue weighted by molar-refractivity contribution is 0.0586. The molecule has 3 rings (SSSR count). The lowest BCUT2D eigenvalue weighted by atomic mass is 10.0. The Labute approximate surface area is 159 Å². The third-order valence-corrected chi connectivity index (χ3v) is 4.10. The van der Waals surface area contributed by atoms with Gasteiger partial charge in [0.25, 0.3) is 5.82 Å². The van der Waals surface area contributed by atoms with Crippen LogP contribution in [0.3, 0.4) is 0 Å². The molecule has 0 aliphatic carbocycles. The molecule has 8 heteroatoms. The maximum atomic E-state index is 12.9. The summed E-state index contributed by atoms with van der Waals surface area (Å²) in [5, 5.41) is 4.54. The average Bonchev–Trinajstić information content (AvgIpc) is 3.11. The Morgan fingerprint density at radius 1 is 1.15 bits per heavy atom. The van der Waals surface area contributed by atoms with Crippen LogP contribution < -0.4 is 0 Å². The second kappa shape index (κ2) is 7.68. The summed E-state index contributed by atoms with van der Waals surface area (Å²) in [5.74, 6) is -0.780. The van der Waals surface area contributed by atoms with Crippen LogP contribution >= 0.6 is 23.2 Å². The molecule has 0 radical (unpaired) electrons. The van der Waals surface area contributed by atoms with Crippen molar-refractivity contribution in [3.05, 3.63) is 76.3 Å². The second-order valence-electron chi connectivity index (χ2n) is 5.25. The molecule has 0 fully saturated rings. The summed E-state index contributed by atoms with van der Waals surface area (Å²) in [5.41, 5.74) is 1.23. The Hall–Kier alpha value is -2.70. The minimum absolute atomic E-state index is 0.00835. The van der Waals surface area contributed by atoms with Crippen LogP contribution in [0.1, 0.15) is 32.4 Å². The van der Waals surface area contributed by atoms with Crippen molar-refractivity contribution in [2.24, 2.45) is 0 Å². The van der Waals surface area contributed by atoms with Crippen molar-refractivity contribution in [3.63, 3.8) is 0 Å². The van der Waals surface area contributed by atoms with Crippen LogP contribution in [0.4, 0.5) is 0 Å². The number of alkyl halides is 1. The summed E-state index contributed by atoms with van der Waals surface area (Å²) >= 11 is 12.0. The van der Waals surface area contributed by atoms with Gasteiger partial charge in [-0.15, -0.1) is 16.7 Å². The van der Waals surface area contributed by atoms with Gasteiger partial charge in [-0.25, -0.2) is 14.5 Å². The first kappa shape index (κ1) is 18.1. The topological polar surface area (TPSA) is 74.1 Å². The number of nitrogens with zero attached hydrogens (tertiary/aromatic N) is 3. The number of aromatic nitrogens is 3. The summed E-state index contributed by atoms with van der Waals surface area (Å²) in [6.45, 7) is 0. The first-order chi connectivity index (χ1) is 12.5. The van der Waals surface area contributed by atoms with E-state index in [1.165, 1.54) is 11.8 Å². The Balaban J connectivity index is 2.16. The first-order valence-electron chi connectivity index (χ1n) is 7.55. The molecule has 0 N–H and O–H groups in total. The number of ketones is 1. The van der Waals surface area contributed by atoms with Crippen LogP contribution in [0, 0.1) is 0 Å². The molecule has 132 valence electrons. The van der Waals surface area contributed by atoms with Gasteiger partial charge in [0.05, 0.1) is 18.7 Å². The van der Waals surface area contributed by atoms with Crippen molar-refractivity contribution in [3.8, 4) is 5.69 Å². The van der Waals surface area contributed by atoms with Crippen LogP contribution in [-0.4, -0.2) is 33.6 Å². The highest BCUT2D eigenvalue weighted by atomic mass is 35.5. The van der Waals surface area contributed by atoms with E-state index in [1.807, 2.05) is 6.07 Å². The van der Waals surface area contributed by atoms with E-state index in [-0.39, 0.29) is 17.5 Å². The lowest BCUT2D eigenvalue weighted by Gasteiger charge is -2.11. The Morgan fingerprint density at radius 2 is 1.88 bits per heavy atom. The summed E-state index contributed by atoms with van der Waals surface area (Å²) < 4.78 is 6.00. The molecule has 1 aromatic heterocycles. The molecule has 0 aliphatic rings. The quantitative estimate of drug-likeness (QED) is 0.378. The van der Waals surface area contributed by atoms with Gasteiger partial charge >= 0.3 is 5.97 Å². The standard InChI is InChI=1S/C18H13Cl2N3O3/c1-26-18(25)17-21-15(10-19)23(22-17)14-8-7-12(20)9-13(14)16(24)11-5-3-2-4-6-11/h2-9H,10H2,1H3. The third-order valence-electron chi connectivity index (χ3n) is 3.63. The normalized spacial score (nSPS) is 10.6. The van der Waals surface area contributed by atoms with Crippen molar-refractivity contribution in [2.45, 2.75) is 5.88 Å². The Kier molecular flexibility index (Phi) is 5.35. The van der Waals surface area contributed by atoms with Gasteiger partial charge in [-0.1, -0.05) is 41.9 Å². The van der Waals surface area contributed by atoms with E-state index in [2.05, 4.69) is 14.8 Å². The van der Waals surface area contributed by atoms with Gasteiger partial charge < -0.3 is 4.74 Å². The molecule has 0 saturated carbocycles. The number of ether oxygens (including phenoxy) is 1. The number of hydrogen-bond acceptors (Lipinski definition) is 5. The number of hydrogen-bond donors (Lipinski definition) is 0. The number of carbonyl (C=O) groups excluding carboxylic acids is 2. The van der Waals surface area contributed by atoms with Gasteiger partial charge in [-0.2, -0.15) is 0 Å². The van der Waals surface area contributed by atoms with Gasteiger partial charge in [0, 0.05) is 16.1 Å². The van der Waals surface area contributed by atoms with Crippen molar-refractivity contribution >= 4 is 35.0 Å². The summed E-state index contributed by atoms with van der Waals surface area (Å²) in [6.07, 6.45) is 0. The molecule has 0 unspecified atom stereocenters. The van der Waals surface area contributed by atoms with E-state index < -0.39 is 5.97 Å². The molecular weight excluding hydrogens is 377 g/mol. The Bertz CT molecular complexity index is 971. The molecule has 26 heavy (non-hydrogen) atoms. The SMILES string of the molecule is COC(=O)c1nc(CCl)n(-c2ccc(Cl)cc2C(=O)c2ccccc2)n1. The molecule has 0 atom stereocenters. The first-order valence-corrected chi connectivity index (χ1v) is 8.46. The molecule has 6 nitrogen and oxygen atoms in total. The number of halogens is 2. The number of methoxy groups -OCH3 is 1. The van der Waals surface area contributed by atoms with Crippen molar-refractivity contribution in [1.29, 1.82) is 0 Å². The van der Waals surface area contributed by atoms with Crippen LogP contribution in [0.15, 0.2) is 48.5 Å². The van der Waals surface area contributed by atoms with Gasteiger partial charge in [0.2, 0.25) is 0 Å². The van der Waals surface area contributed by atoms with E-state index in [4.69, 9.17) is 23.2 Å². The number of carbonyl (C=O) groups is 2.